The second-order valence-corrected chi connectivity index (χ2v) is 7.37. The van der Waals surface area contributed by atoms with Crippen molar-refractivity contribution >= 4 is 28.9 Å². The highest BCUT2D eigenvalue weighted by Gasteiger charge is 2.19. The minimum Gasteiger partial charge on any atom is -0.451 e. The largest absolute Gasteiger partial charge is 0.451 e. The third-order valence-corrected chi connectivity index (χ3v) is 5.21. The highest BCUT2D eigenvalue weighted by atomic mass is 35.5. The Morgan fingerprint density at radius 1 is 0.964 bits per heavy atom. The number of likely N-dealkylation sites (N-methyl/N-ethyl adjacent to an activating group) is 1. The smallest absolute Gasteiger partial charge is 0.291 e. The zero-order valence-corrected chi connectivity index (χ0v) is 16.4. The number of carbonyl (C=O) groups excluding carboxylic acids is 1. The molecule has 0 spiro atoms. The number of halogens is 1. The lowest BCUT2D eigenvalue weighted by atomic mass is 10.2. The van der Waals surface area contributed by atoms with Gasteiger partial charge in [0.15, 0.2) is 5.76 Å². The van der Waals surface area contributed by atoms with Gasteiger partial charge in [0.05, 0.1) is 11.4 Å². The molecule has 3 aromatic rings. The van der Waals surface area contributed by atoms with Gasteiger partial charge < -0.3 is 19.5 Å². The molecule has 1 aromatic heterocycles. The summed E-state index contributed by atoms with van der Waals surface area (Å²) in [7, 11) is 2.13. The van der Waals surface area contributed by atoms with Gasteiger partial charge in [0.25, 0.3) is 5.91 Å². The van der Waals surface area contributed by atoms with Crippen molar-refractivity contribution in [2.75, 3.05) is 43.4 Å². The van der Waals surface area contributed by atoms with Crippen LogP contribution in [-0.4, -0.2) is 44.0 Å². The summed E-state index contributed by atoms with van der Waals surface area (Å²) in [6.45, 7) is 3.88. The highest BCUT2D eigenvalue weighted by molar-refractivity contribution is 6.30. The molecule has 0 unspecified atom stereocenters. The predicted octanol–water partition coefficient (Wildman–Crippen LogP) is 4.60. The average Bonchev–Trinajstić information content (AvgIpc) is 3.20. The third-order valence-electron chi connectivity index (χ3n) is 4.95. The van der Waals surface area contributed by atoms with Gasteiger partial charge in [-0.1, -0.05) is 23.7 Å². The topological polar surface area (TPSA) is 48.7 Å². The first-order chi connectivity index (χ1) is 13.6. The zero-order chi connectivity index (χ0) is 19.5. The van der Waals surface area contributed by atoms with Crippen LogP contribution < -0.4 is 10.2 Å². The van der Waals surface area contributed by atoms with Gasteiger partial charge in [0.1, 0.15) is 5.76 Å². The molecule has 28 heavy (non-hydrogen) atoms. The summed E-state index contributed by atoms with van der Waals surface area (Å²) in [6, 6.07) is 18.7. The molecule has 1 fully saturated rings. The molecule has 1 aliphatic rings. The van der Waals surface area contributed by atoms with Gasteiger partial charge in [-0.2, -0.15) is 0 Å². The lowest BCUT2D eigenvalue weighted by Crippen LogP contribution is -2.44. The number of nitrogens with one attached hydrogen (secondary N) is 1. The van der Waals surface area contributed by atoms with Crippen LogP contribution in [0.3, 0.4) is 0 Å². The lowest BCUT2D eigenvalue weighted by Gasteiger charge is -2.35. The van der Waals surface area contributed by atoms with Gasteiger partial charge in [-0.3, -0.25) is 4.79 Å². The van der Waals surface area contributed by atoms with Gasteiger partial charge in [-0.05, 0) is 55.6 Å². The molecule has 0 bridgehead atoms. The molecule has 0 atom stereocenters. The SMILES string of the molecule is CN1CCN(c2ccccc2NC(=O)c2ccc(-c3ccc(Cl)cc3)o2)CC1. The highest BCUT2D eigenvalue weighted by Crippen LogP contribution is 2.28. The van der Waals surface area contributed by atoms with Crippen molar-refractivity contribution in [2.45, 2.75) is 0 Å². The number of amides is 1. The fourth-order valence-electron chi connectivity index (χ4n) is 3.32. The van der Waals surface area contributed by atoms with Gasteiger partial charge in [0.2, 0.25) is 0 Å². The number of rotatable bonds is 4. The fourth-order valence-corrected chi connectivity index (χ4v) is 3.44. The van der Waals surface area contributed by atoms with Crippen LogP contribution >= 0.6 is 11.6 Å². The van der Waals surface area contributed by atoms with E-state index in [1.54, 1.807) is 24.3 Å². The summed E-state index contributed by atoms with van der Waals surface area (Å²) < 4.78 is 5.77. The van der Waals surface area contributed by atoms with E-state index < -0.39 is 0 Å². The molecule has 1 aliphatic heterocycles. The molecule has 2 heterocycles. The first-order valence-corrected chi connectivity index (χ1v) is 9.67. The lowest BCUT2D eigenvalue weighted by molar-refractivity contribution is 0.0997. The summed E-state index contributed by atoms with van der Waals surface area (Å²) in [5.74, 6) is 0.647. The van der Waals surface area contributed by atoms with E-state index in [0.717, 1.165) is 43.1 Å². The first kappa shape index (κ1) is 18.6. The molecular weight excluding hydrogens is 374 g/mol. The minimum atomic E-state index is -0.262. The number of para-hydroxylation sites is 2. The maximum atomic E-state index is 12.7. The van der Waals surface area contributed by atoms with E-state index in [1.807, 2.05) is 36.4 Å². The Morgan fingerprint density at radius 2 is 1.68 bits per heavy atom. The second kappa shape index (κ2) is 8.09. The maximum Gasteiger partial charge on any atom is 0.291 e. The normalized spacial score (nSPS) is 14.9. The summed E-state index contributed by atoms with van der Waals surface area (Å²) in [4.78, 5) is 17.4. The molecule has 1 amide bonds. The number of anilines is 2. The van der Waals surface area contributed by atoms with Crippen LogP contribution in [0.4, 0.5) is 11.4 Å². The second-order valence-electron chi connectivity index (χ2n) is 6.93. The number of piperazine rings is 1. The third kappa shape index (κ3) is 4.06. The Balaban J connectivity index is 1.51. The number of benzene rings is 2. The van der Waals surface area contributed by atoms with Crippen LogP contribution in [0, 0.1) is 0 Å². The molecule has 0 saturated carbocycles. The molecule has 144 valence electrons. The maximum absolute atomic E-state index is 12.7. The number of hydrogen-bond donors (Lipinski definition) is 1. The van der Waals surface area contributed by atoms with E-state index in [9.17, 15) is 4.79 Å². The number of furan rings is 1. The number of hydrogen-bond acceptors (Lipinski definition) is 4. The Hall–Kier alpha value is -2.76. The molecule has 4 rings (SSSR count). The summed E-state index contributed by atoms with van der Waals surface area (Å²) >= 11 is 5.93. The monoisotopic (exact) mass is 395 g/mol. The van der Waals surface area contributed by atoms with E-state index >= 15 is 0 Å². The van der Waals surface area contributed by atoms with Crippen LogP contribution in [0.15, 0.2) is 65.1 Å². The Labute approximate surface area is 169 Å². The van der Waals surface area contributed by atoms with Gasteiger partial charge in [-0.25, -0.2) is 0 Å². The molecule has 0 aliphatic carbocycles. The summed E-state index contributed by atoms with van der Waals surface area (Å²) in [5, 5.41) is 3.66. The van der Waals surface area contributed by atoms with Crippen LogP contribution in [-0.2, 0) is 0 Å². The van der Waals surface area contributed by atoms with E-state index in [0.29, 0.717) is 10.8 Å². The molecule has 1 saturated heterocycles. The number of carbonyl (C=O) groups is 1. The summed E-state index contributed by atoms with van der Waals surface area (Å²) in [5.41, 5.74) is 2.70. The fraction of sp³-hybridized carbons (Fsp3) is 0.227. The quantitative estimate of drug-likeness (QED) is 0.701. The van der Waals surface area contributed by atoms with Crippen molar-refractivity contribution in [2.24, 2.45) is 0 Å². The van der Waals surface area contributed by atoms with Crippen LogP contribution in [0.5, 0.6) is 0 Å². The molecule has 6 heteroatoms. The first-order valence-electron chi connectivity index (χ1n) is 9.30. The van der Waals surface area contributed by atoms with E-state index in [1.165, 1.54) is 0 Å². The van der Waals surface area contributed by atoms with Crippen molar-refractivity contribution in [1.29, 1.82) is 0 Å². The van der Waals surface area contributed by atoms with Crippen LogP contribution in [0.2, 0.25) is 5.02 Å². The van der Waals surface area contributed by atoms with Gasteiger partial charge >= 0.3 is 0 Å². The standard InChI is InChI=1S/C22H22ClN3O2/c1-25-12-14-26(15-13-25)19-5-3-2-4-18(19)24-22(27)21-11-10-20(28-21)16-6-8-17(23)9-7-16/h2-11H,12-15H2,1H3,(H,24,27). The van der Waals surface area contributed by atoms with Gasteiger partial charge in [-0.15, -0.1) is 0 Å². The number of nitrogens with zero attached hydrogens (tertiary/aromatic N) is 2. The molecule has 1 N–H and O–H groups in total. The van der Waals surface area contributed by atoms with Crippen LogP contribution in [0.25, 0.3) is 11.3 Å². The summed E-state index contributed by atoms with van der Waals surface area (Å²) in [6.07, 6.45) is 0. The van der Waals surface area contributed by atoms with Crippen LogP contribution in [0.1, 0.15) is 10.6 Å². The Bertz CT molecular complexity index is 960. The Kier molecular flexibility index (Phi) is 5.37. The van der Waals surface area contributed by atoms with Crippen molar-refractivity contribution in [3.05, 3.63) is 71.4 Å². The van der Waals surface area contributed by atoms with Crippen molar-refractivity contribution in [3.8, 4) is 11.3 Å². The molecule has 0 radical (unpaired) electrons. The zero-order valence-electron chi connectivity index (χ0n) is 15.7. The molecule has 5 nitrogen and oxygen atoms in total. The average molecular weight is 396 g/mol. The molecule has 2 aromatic carbocycles. The minimum absolute atomic E-state index is 0.262. The van der Waals surface area contributed by atoms with Crippen molar-refractivity contribution in [3.63, 3.8) is 0 Å². The van der Waals surface area contributed by atoms with Crippen molar-refractivity contribution in [1.82, 2.24) is 4.90 Å². The molecular formula is C22H22ClN3O2. The Morgan fingerprint density at radius 3 is 2.43 bits per heavy atom. The van der Waals surface area contributed by atoms with Gasteiger partial charge in [0, 0.05) is 36.8 Å². The van der Waals surface area contributed by atoms with E-state index in [4.69, 9.17) is 16.0 Å². The predicted molar refractivity (Wildman–Crippen MR) is 113 cm³/mol. The van der Waals surface area contributed by atoms with Crippen molar-refractivity contribution < 1.29 is 9.21 Å². The van der Waals surface area contributed by atoms with E-state index in [-0.39, 0.29) is 11.7 Å². The van der Waals surface area contributed by atoms with E-state index in [2.05, 4.69) is 22.2 Å².